The van der Waals surface area contributed by atoms with Gasteiger partial charge in [0.1, 0.15) is 5.75 Å². The largest absolute Gasteiger partial charge is 0.508 e. The molecule has 0 bridgehead atoms. The highest BCUT2D eigenvalue weighted by atomic mass is 35.5. The minimum Gasteiger partial charge on any atom is -0.508 e. The number of primary amides is 1. The third-order valence-corrected chi connectivity index (χ3v) is 4.30. The maximum Gasteiger partial charge on any atom is 0.231 e. The van der Waals surface area contributed by atoms with Crippen LogP contribution in [0.4, 0.5) is 0 Å². The Morgan fingerprint density at radius 3 is 2.75 bits per heavy atom. The number of aromatic hydroxyl groups is 1. The molecule has 0 radical (unpaired) electrons. The van der Waals surface area contributed by atoms with E-state index < -0.39 is 0 Å². The van der Waals surface area contributed by atoms with Crippen LogP contribution in [-0.2, 0) is 4.79 Å². The molecule has 1 saturated carbocycles. The van der Waals surface area contributed by atoms with Crippen molar-refractivity contribution in [3.05, 3.63) is 28.8 Å². The fourth-order valence-corrected chi connectivity index (χ4v) is 3.22. The molecule has 0 saturated heterocycles. The lowest BCUT2D eigenvalue weighted by Gasteiger charge is -2.34. The fraction of sp³-hybridized carbons (Fsp3) is 0.533. The van der Waals surface area contributed by atoms with Crippen LogP contribution in [0.1, 0.15) is 44.2 Å². The Labute approximate surface area is 124 Å². The monoisotopic (exact) mass is 296 g/mol. The Morgan fingerprint density at radius 2 is 2.15 bits per heavy atom. The number of benzene rings is 1. The Balaban J connectivity index is 2.26. The zero-order valence-electron chi connectivity index (χ0n) is 11.7. The third kappa shape index (κ3) is 3.44. The average molecular weight is 297 g/mol. The Bertz CT molecular complexity index is 487. The van der Waals surface area contributed by atoms with Crippen molar-refractivity contribution in [2.45, 2.75) is 44.7 Å². The summed E-state index contributed by atoms with van der Waals surface area (Å²) in [6.07, 6.45) is 4.49. The molecule has 1 aromatic carbocycles. The van der Waals surface area contributed by atoms with Gasteiger partial charge in [0.15, 0.2) is 0 Å². The van der Waals surface area contributed by atoms with Crippen LogP contribution in [0.15, 0.2) is 18.2 Å². The van der Waals surface area contributed by atoms with E-state index in [0.29, 0.717) is 11.1 Å². The van der Waals surface area contributed by atoms with Crippen molar-refractivity contribution in [1.29, 1.82) is 0 Å². The Kier molecular flexibility index (Phi) is 4.89. The maximum atomic E-state index is 11.3. The number of hydrogen-bond donors (Lipinski definition) is 2. The summed E-state index contributed by atoms with van der Waals surface area (Å²) in [4.78, 5) is 13.4. The van der Waals surface area contributed by atoms with Crippen LogP contribution in [-0.4, -0.2) is 28.5 Å². The van der Waals surface area contributed by atoms with Crippen molar-refractivity contribution in [1.82, 2.24) is 4.90 Å². The number of rotatable bonds is 5. The lowest BCUT2D eigenvalue weighted by atomic mass is 10.0. The van der Waals surface area contributed by atoms with E-state index >= 15 is 0 Å². The van der Waals surface area contributed by atoms with E-state index in [9.17, 15) is 9.90 Å². The predicted octanol–water partition coefficient (Wildman–Crippen LogP) is 2.84. The molecule has 4 nitrogen and oxygen atoms in total. The number of phenols is 1. The van der Waals surface area contributed by atoms with Gasteiger partial charge in [-0.15, -0.1) is 0 Å². The lowest BCUT2D eigenvalue weighted by molar-refractivity contribution is -0.120. The normalized spacial score (nSPS) is 17.6. The Hall–Kier alpha value is -1.26. The molecule has 0 aromatic heterocycles. The summed E-state index contributed by atoms with van der Waals surface area (Å²) in [7, 11) is 0. The molecule has 0 spiro atoms. The number of nitrogens with zero attached hydrogens (tertiary/aromatic N) is 1. The molecule has 110 valence electrons. The van der Waals surface area contributed by atoms with Gasteiger partial charge >= 0.3 is 0 Å². The molecule has 0 heterocycles. The summed E-state index contributed by atoms with van der Waals surface area (Å²) in [5, 5.41) is 10.6. The molecule has 1 aromatic rings. The van der Waals surface area contributed by atoms with Gasteiger partial charge in [0.25, 0.3) is 0 Å². The van der Waals surface area contributed by atoms with Gasteiger partial charge < -0.3 is 10.8 Å². The molecule has 5 heteroatoms. The number of nitrogens with two attached hydrogens (primary N) is 1. The van der Waals surface area contributed by atoms with Gasteiger partial charge in [-0.25, -0.2) is 0 Å². The van der Waals surface area contributed by atoms with Gasteiger partial charge in [-0.2, -0.15) is 0 Å². The molecule has 1 aliphatic rings. The maximum absolute atomic E-state index is 11.3. The first-order valence-electron chi connectivity index (χ1n) is 7.01. The van der Waals surface area contributed by atoms with Crippen LogP contribution >= 0.6 is 11.6 Å². The smallest absolute Gasteiger partial charge is 0.231 e. The van der Waals surface area contributed by atoms with Crippen LogP contribution in [0.3, 0.4) is 0 Å². The second-order valence-electron chi connectivity index (χ2n) is 5.46. The van der Waals surface area contributed by atoms with Crippen molar-refractivity contribution >= 4 is 17.5 Å². The van der Waals surface area contributed by atoms with E-state index in [-0.39, 0.29) is 24.2 Å². The number of hydrogen-bond acceptors (Lipinski definition) is 3. The molecule has 1 atom stereocenters. The van der Waals surface area contributed by atoms with E-state index in [4.69, 9.17) is 17.3 Å². The second kappa shape index (κ2) is 6.46. The zero-order valence-corrected chi connectivity index (χ0v) is 12.4. The summed E-state index contributed by atoms with van der Waals surface area (Å²) in [5.74, 6) is -0.139. The van der Waals surface area contributed by atoms with E-state index in [0.717, 1.165) is 18.4 Å². The van der Waals surface area contributed by atoms with Crippen LogP contribution in [0.25, 0.3) is 0 Å². The number of phenolic OH excluding ortho intramolecular Hbond substituents is 1. The molecule has 20 heavy (non-hydrogen) atoms. The molecular formula is C15H21ClN2O2. The van der Waals surface area contributed by atoms with Crippen molar-refractivity contribution in [3.63, 3.8) is 0 Å². The van der Waals surface area contributed by atoms with E-state index in [2.05, 4.69) is 4.90 Å². The van der Waals surface area contributed by atoms with Crippen molar-refractivity contribution in [3.8, 4) is 5.75 Å². The second-order valence-corrected chi connectivity index (χ2v) is 5.89. The first-order valence-corrected chi connectivity index (χ1v) is 7.39. The quantitative estimate of drug-likeness (QED) is 0.878. The zero-order chi connectivity index (χ0) is 14.7. The van der Waals surface area contributed by atoms with Gasteiger partial charge in [-0.3, -0.25) is 9.69 Å². The molecule has 1 aliphatic carbocycles. The third-order valence-electron chi connectivity index (χ3n) is 4.07. The number of halogens is 1. The van der Waals surface area contributed by atoms with Crippen LogP contribution in [0.2, 0.25) is 5.02 Å². The van der Waals surface area contributed by atoms with E-state index in [1.165, 1.54) is 12.8 Å². The number of carbonyl (C=O) groups excluding carboxylic acids is 1. The van der Waals surface area contributed by atoms with E-state index in [1.807, 2.05) is 6.92 Å². The molecule has 2 rings (SSSR count). The summed E-state index contributed by atoms with van der Waals surface area (Å²) < 4.78 is 0. The summed E-state index contributed by atoms with van der Waals surface area (Å²) >= 11 is 6.01. The molecule has 1 unspecified atom stereocenters. The fourth-order valence-electron chi connectivity index (χ4n) is 3.04. The first-order chi connectivity index (χ1) is 9.49. The van der Waals surface area contributed by atoms with Crippen LogP contribution in [0.5, 0.6) is 5.75 Å². The lowest BCUT2D eigenvalue weighted by Crippen LogP contribution is -2.41. The molecule has 0 aliphatic heterocycles. The van der Waals surface area contributed by atoms with Gasteiger partial charge in [0.05, 0.1) is 6.54 Å². The summed E-state index contributed by atoms with van der Waals surface area (Å²) in [6.45, 7) is 2.18. The molecular weight excluding hydrogens is 276 g/mol. The van der Waals surface area contributed by atoms with Crippen LogP contribution < -0.4 is 5.73 Å². The van der Waals surface area contributed by atoms with Crippen molar-refractivity contribution < 1.29 is 9.90 Å². The minimum atomic E-state index is -0.342. The highest BCUT2D eigenvalue weighted by Crippen LogP contribution is 2.35. The van der Waals surface area contributed by atoms with Gasteiger partial charge in [-0.1, -0.05) is 24.4 Å². The molecule has 1 fully saturated rings. The minimum absolute atomic E-state index is 0.0932. The SMILES string of the molecule is CC(c1cc(Cl)ccc1O)N(CC(N)=O)C1CCCC1. The van der Waals surface area contributed by atoms with E-state index in [1.54, 1.807) is 18.2 Å². The topological polar surface area (TPSA) is 66.6 Å². The standard InChI is InChI=1S/C15H21ClN2O2/c1-10(13-8-11(16)6-7-14(13)19)18(9-15(17)20)12-4-2-3-5-12/h6-8,10,12,19H,2-5,9H2,1H3,(H2,17,20). The highest BCUT2D eigenvalue weighted by molar-refractivity contribution is 6.30. The van der Waals surface area contributed by atoms with Crippen molar-refractivity contribution in [2.24, 2.45) is 5.73 Å². The van der Waals surface area contributed by atoms with Gasteiger partial charge in [-0.05, 0) is 38.0 Å². The van der Waals surface area contributed by atoms with Gasteiger partial charge in [0.2, 0.25) is 5.91 Å². The van der Waals surface area contributed by atoms with Crippen LogP contribution in [0, 0.1) is 0 Å². The summed E-state index contributed by atoms with van der Waals surface area (Å²) in [6, 6.07) is 5.25. The summed E-state index contributed by atoms with van der Waals surface area (Å²) in [5.41, 5.74) is 6.12. The first kappa shape index (κ1) is 15.1. The Morgan fingerprint density at radius 1 is 1.50 bits per heavy atom. The highest BCUT2D eigenvalue weighted by Gasteiger charge is 2.29. The van der Waals surface area contributed by atoms with Gasteiger partial charge in [0, 0.05) is 22.7 Å². The number of carbonyl (C=O) groups is 1. The predicted molar refractivity (Wildman–Crippen MR) is 79.7 cm³/mol. The van der Waals surface area contributed by atoms with Crippen molar-refractivity contribution in [2.75, 3.05) is 6.54 Å². The molecule has 1 amide bonds. The molecule has 3 N–H and O–H groups in total. The average Bonchev–Trinajstić information content (AvgIpc) is 2.91. The number of amides is 1.